The number of aliphatic hydroxyl groups excluding tert-OH is 1. The van der Waals surface area contributed by atoms with Crippen LogP contribution < -0.4 is 5.32 Å². The number of carbonyl (C=O) groups excluding carboxylic acids is 1. The molecule has 1 fully saturated rings. The maximum atomic E-state index is 11.5. The maximum absolute atomic E-state index is 11.5. The molecule has 2 atom stereocenters. The highest BCUT2D eigenvalue weighted by molar-refractivity contribution is 5.80. The van der Waals surface area contributed by atoms with Crippen molar-refractivity contribution in [2.75, 3.05) is 26.2 Å². The number of rotatable bonds is 6. The number of hydrogen-bond acceptors (Lipinski definition) is 3. The minimum absolute atomic E-state index is 0.0341. The number of amides is 1. The van der Waals surface area contributed by atoms with Crippen LogP contribution >= 0.6 is 0 Å². The lowest BCUT2D eigenvalue weighted by Crippen LogP contribution is -2.41. The summed E-state index contributed by atoms with van der Waals surface area (Å²) in [6, 6.07) is 0. The third kappa shape index (κ3) is 4.10. The molecule has 2 N–H and O–H groups in total. The summed E-state index contributed by atoms with van der Waals surface area (Å²) in [5.41, 5.74) is 0. The molecule has 1 aliphatic heterocycles. The van der Waals surface area contributed by atoms with E-state index in [2.05, 4.69) is 10.2 Å². The van der Waals surface area contributed by atoms with Crippen molar-refractivity contribution in [3.05, 3.63) is 0 Å². The standard InChI is InChI=1S/C12H24N2O2/c1-3-10(2)11(15)12(16)13-6-9-14-7-4-5-8-14/h10-11,15H,3-9H2,1-2H3,(H,13,16)/t10-,11+/m0/s1. The molecule has 0 bridgehead atoms. The number of carbonyl (C=O) groups is 1. The molecule has 1 aliphatic rings. The van der Waals surface area contributed by atoms with Crippen LogP contribution in [-0.4, -0.2) is 48.2 Å². The van der Waals surface area contributed by atoms with E-state index in [1.54, 1.807) is 0 Å². The van der Waals surface area contributed by atoms with E-state index in [1.165, 1.54) is 12.8 Å². The van der Waals surface area contributed by atoms with Crippen LogP contribution in [0.1, 0.15) is 33.1 Å². The third-order valence-electron chi connectivity index (χ3n) is 3.38. The molecule has 16 heavy (non-hydrogen) atoms. The molecule has 1 rings (SSSR count). The predicted molar refractivity (Wildman–Crippen MR) is 64.1 cm³/mol. The van der Waals surface area contributed by atoms with Crippen molar-refractivity contribution in [2.45, 2.75) is 39.2 Å². The lowest BCUT2D eigenvalue weighted by Gasteiger charge is -2.18. The lowest BCUT2D eigenvalue weighted by molar-refractivity contribution is -0.131. The van der Waals surface area contributed by atoms with E-state index in [0.29, 0.717) is 6.54 Å². The highest BCUT2D eigenvalue weighted by Gasteiger charge is 2.20. The highest BCUT2D eigenvalue weighted by atomic mass is 16.3. The quantitative estimate of drug-likeness (QED) is 0.700. The van der Waals surface area contributed by atoms with Crippen molar-refractivity contribution < 1.29 is 9.90 Å². The Morgan fingerprint density at radius 3 is 2.62 bits per heavy atom. The Labute approximate surface area is 98.0 Å². The molecule has 4 heteroatoms. The molecule has 0 saturated carbocycles. The molecule has 0 aliphatic carbocycles. The van der Waals surface area contributed by atoms with E-state index in [1.807, 2.05) is 13.8 Å². The van der Waals surface area contributed by atoms with Gasteiger partial charge in [0.05, 0.1) is 0 Å². The number of nitrogens with one attached hydrogen (secondary N) is 1. The monoisotopic (exact) mass is 228 g/mol. The second kappa shape index (κ2) is 6.86. The van der Waals surface area contributed by atoms with Crippen LogP contribution in [0.4, 0.5) is 0 Å². The van der Waals surface area contributed by atoms with Crippen LogP contribution in [0.15, 0.2) is 0 Å². The largest absolute Gasteiger partial charge is 0.383 e. The number of hydrogen-bond donors (Lipinski definition) is 2. The summed E-state index contributed by atoms with van der Waals surface area (Å²) in [4.78, 5) is 13.9. The van der Waals surface area contributed by atoms with Crippen molar-refractivity contribution >= 4 is 5.91 Å². The van der Waals surface area contributed by atoms with Crippen LogP contribution in [-0.2, 0) is 4.79 Å². The van der Waals surface area contributed by atoms with Gasteiger partial charge >= 0.3 is 0 Å². The van der Waals surface area contributed by atoms with Crippen LogP contribution in [0, 0.1) is 5.92 Å². The van der Waals surface area contributed by atoms with Gasteiger partial charge in [-0.2, -0.15) is 0 Å². The number of nitrogens with zero attached hydrogens (tertiary/aromatic N) is 1. The van der Waals surface area contributed by atoms with Gasteiger partial charge in [-0.1, -0.05) is 20.3 Å². The van der Waals surface area contributed by atoms with Crippen molar-refractivity contribution in [3.8, 4) is 0 Å². The average molecular weight is 228 g/mol. The molecule has 0 aromatic heterocycles. The average Bonchev–Trinajstić information content (AvgIpc) is 2.79. The van der Waals surface area contributed by atoms with E-state index in [4.69, 9.17) is 0 Å². The summed E-state index contributed by atoms with van der Waals surface area (Å²) in [5, 5.41) is 12.4. The normalized spacial score (nSPS) is 20.7. The topological polar surface area (TPSA) is 52.6 Å². The van der Waals surface area contributed by atoms with Crippen molar-refractivity contribution in [1.82, 2.24) is 10.2 Å². The maximum Gasteiger partial charge on any atom is 0.249 e. The molecule has 0 aromatic rings. The van der Waals surface area contributed by atoms with E-state index in [-0.39, 0.29) is 11.8 Å². The third-order valence-corrected chi connectivity index (χ3v) is 3.38. The van der Waals surface area contributed by atoms with Gasteiger partial charge in [0.1, 0.15) is 6.10 Å². The zero-order valence-corrected chi connectivity index (χ0v) is 10.4. The highest BCUT2D eigenvalue weighted by Crippen LogP contribution is 2.07. The van der Waals surface area contributed by atoms with Gasteiger partial charge in [-0.25, -0.2) is 0 Å². The zero-order chi connectivity index (χ0) is 12.0. The van der Waals surface area contributed by atoms with Crippen molar-refractivity contribution in [3.63, 3.8) is 0 Å². The number of likely N-dealkylation sites (tertiary alicyclic amines) is 1. The van der Waals surface area contributed by atoms with Gasteiger partial charge in [-0.15, -0.1) is 0 Å². The summed E-state index contributed by atoms with van der Waals surface area (Å²) in [6.07, 6.45) is 2.50. The van der Waals surface area contributed by atoms with E-state index in [9.17, 15) is 9.90 Å². The van der Waals surface area contributed by atoms with Gasteiger partial charge in [0.2, 0.25) is 5.91 Å². The summed E-state index contributed by atoms with van der Waals surface area (Å²) in [5.74, 6) is -0.194. The van der Waals surface area contributed by atoms with E-state index >= 15 is 0 Å². The fraction of sp³-hybridized carbons (Fsp3) is 0.917. The van der Waals surface area contributed by atoms with Crippen molar-refractivity contribution in [2.24, 2.45) is 5.92 Å². The number of aliphatic hydroxyl groups is 1. The Morgan fingerprint density at radius 2 is 2.06 bits per heavy atom. The molecule has 1 saturated heterocycles. The first-order valence-corrected chi connectivity index (χ1v) is 6.33. The van der Waals surface area contributed by atoms with Gasteiger partial charge in [0.25, 0.3) is 0 Å². The van der Waals surface area contributed by atoms with Gasteiger partial charge in [0.15, 0.2) is 0 Å². The Kier molecular flexibility index (Phi) is 5.77. The molecule has 0 unspecified atom stereocenters. The molecule has 0 spiro atoms. The van der Waals surface area contributed by atoms with Crippen LogP contribution in [0.5, 0.6) is 0 Å². The van der Waals surface area contributed by atoms with E-state index < -0.39 is 6.10 Å². The SMILES string of the molecule is CC[C@H](C)[C@@H](O)C(=O)NCCN1CCCC1. The summed E-state index contributed by atoms with van der Waals surface area (Å²) in [7, 11) is 0. The minimum Gasteiger partial charge on any atom is -0.383 e. The summed E-state index contributed by atoms with van der Waals surface area (Å²) >= 11 is 0. The Balaban J connectivity index is 2.13. The fourth-order valence-corrected chi connectivity index (χ4v) is 1.93. The van der Waals surface area contributed by atoms with Crippen molar-refractivity contribution in [1.29, 1.82) is 0 Å². The van der Waals surface area contributed by atoms with Crippen LogP contribution in [0.2, 0.25) is 0 Å². The molecule has 0 radical (unpaired) electrons. The lowest BCUT2D eigenvalue weighted by atomic mass is 10.0. The molecule has 4 nitrogen and oxygen atoms in total. The van der Waals surface area contributed by atoms with E-state index in [0.717, 1.165) is 26.1 Å². The molecule has 1 heterocycles. The Morgan fingerprint density at radius 1 is 1.44 bits per heavy atom. The van der Waals surface area contributed by atoms with Gasteiger partial charge < -0.3 is 15.3 Å². The second-order valence-electron chi connectivity index (χ2n) is 4.67. The minimum atomic E-state index is -0.858. The zero-order valence-electron chi connectivity index (χ0n) is 10.4. The molecular formula is C12H24N2O2. The van der Waals surface area contributed by atoms with Gasteiger partial charge in [-0.05, 0) is 31.8 Å². The van der Waals surface area contributed by atoms with Gasteiger partial charge in [0, 0.05) is 13.1 Å². The first kappa shape index (κ1) is 13.5. The van der Waals surface area contributed by atoms with Crippen LogP contribution in [0.25, 0.3) is 0 Å². The predicted octanol–water partition coefficient (Wildman–Crippen LogP) is 0.605. The fourth-order valence-electron chi connectivity index (χ4n) is 1.93. The Bertz CT molecular complexity index is 215. The Hall–Kier alpha value is -0.610. The molecule has 94 valence electrons. The molecular weight excluding hydrogens is 204 g/mol. The first-order valence-electron chi connectivity index (χ1n) is 6.33. The van der Waals surface area contributed by atoms with Crippen LogP contribution in [0.3, 0.4) is 0 Å². The first-order chi connectivity index (χ1) is 7.65. The smallest absolute Gasteiger partial charge is 0.249 e. The van der Waals surface area contributed by atoms with Gasteiger partial charge in [-0.3, -0.25) is 4.79 Å². The molecule has 1 amide bonds. The summed E-state index contributed by atoms with van der Waals surface area (Å²) < 4.78 is 0. The summed E-state index contributed by atoms with van der Waals surface area (Å²) in [6.45, 7) is 7.70. The second-order valence-corrected chi connectivity index (χ2v) is 4.67. The molecule has 0 aromatic carbocycles.